The van der Waals surface area contributed by atoms with Gasteiger partial charge < -0.3 is 4.52 Å². The lowest BCUT2D eigenvalue weighted by Gasteiger charge is -2.05. The fraction of sp³-hybridized carbons (Fsp3) is 0.444. The third-order valence-corrected chi connectivity index (χ3v) is 2.70. The van der Waals surface area contributed by atoms with Crippen LogP contribution in [0.25, 0.3) is 10.8 Å². The van der Waals surface area contributed by atoms with Gasteiger partial charge in [0.1, 0.15) is 0 Å². The first-order valence-corrected chi connectivity index (χ1v) is 5.30. The highest BCUT2D eigenvalue weighted by Crippen LogP contribution is 2.26. The normalized spacial score (nSPS) is 12.0. The zero-order valence-corrected chi connectivity index (χ0v) is 9.43. The molecule has 0 bridgehead atoms. The van der Waals surface area contributed by atoms with E-state index < -0.39 is 5.67 Å². The standard InChI is InChI=1S/C9H10FN3OS/c1-5-4-15-7(11-5)6-12-8(14-13-6)9(2,3)10/h4H,1-3H3. The predicted molar refractivity (Wildman–Crippen MR) is 54.3 cm³/mol. The third-order valence-electron chi connectivity index (χ3n) is 1.74. The maximum Gasteiger partial charge on any atom is 0.264 e. The second kappa shape index (κ2) is 3.37. The summed E-state index contributed by atoms with van der Waals surface area (Å²) in [5.41, 5.74) is -0.724. The smallest absolute Gasteiger partial charge is 0.264 e. The van der Waals surface area contributed by atoms with Crippen LogP contribution in [0, 0.1) is 6.92 Å². The zero-order chi connectivity index (χ0) is 11.1. The van der Waals surface area contributed by atoms with Crippen LogP contribution in [0.15, 0.2) is 9.90 Å². The molecule has 80 valence electrons. The number of nitrogens with zero attached hydrogens (tertiary/aromatic N) is 3. The summed E-state index contributed by atoms with van der Waals surface area (Å²) < 4.78 is 18.3. The van der Waals surface area contributed by atoms with Gasteiger partial charge in [-0.05, 0) is 20.8 Å². The van der Waals surface area contributed by atoms with Crippen molar-refractivity contribution in [2.24, 2.45) is 0 Å². The van der Waals surface area contributed by atoms with E-state index in [1.165, 1.54) is 25.2 Å². The number of rotatable bonds is 2. The van der Waals surface area contributed by atoms with E-state index in [1.807, 2.05) is 12.3 Å². The molecular weight excluding hydrogens is 217 g/mol. The Balaban J connectivity index is 2.36. The van der Waals surface area contributed by atoms with Crippen molar-refractivity contribution in [2.45, 2.75) is 26.4 Å². The number of hydrogen-bond donors (Lipinski definition) is 0. The number of hydrogen-bond acceptors (Lipinski definition) is 5. The molecule has 0 aromatic carbocycles. The van der Waals surface area contributed by atoms with Gasteiger partial charge in [0.15, 0.2) is 10.7 Å². The highest BCUT2D eigenvalue weighted by Gasteiger charge is 2.27. The molecule has 2 rings (SSSR count). The van der Waals surface area contributed by atoms with Crippen LogP contribution in [0.3, 0.4) is 0 Å². The highest BCUT2D eigenvalue weighted by molar-refractivity contribution is 7.13. The molecule has 0 aliphatic rings. The molecule has 6 heteroatoms. The molecule has 0 N–H and O–H groups in total. The van der Waals surface area contributed by atoms with Crippen molar-refractivity contribution < 1.29 is 8.91 Å². The van der Waals surface area contributed by atoms with Crippen molar-refractivity contribution in [3.8, 4) is 10.8 Å². The number of aromatic nitrogens is 3. The van der Waals surface area contributed by atoms with E-state index in [1.54, 1.807) is 0 Å². The van der Waals surface area contributed by atoms with Crippen molar-refractivity contribution in [1.82, 2.24) is 15.1 Å². The fourth-order valence-electron chi connectivity index (χ4n) is 1.01. The summed E-state index contributed by atoms with van der Waals surface area (Å²) >= 11 is 1.41. The number of aryl methyl sites for hydroxylation is 1. The molecule has 0 fully saturated rings. The van der Waals surface area contributed by atoms with Gasteiger partial charge in [-0.2, -0.15) is 4.98 Å². The quantitative estimate of drug-likeness (QED) is 0.791. The Kier molecular flexibility index (Phi) is 2.30. The minimum Gasteiger partial charge on any atom is -0.335 e. The van der Waals surface area contributed by atoms with Crippen LogP contribution in [0.4, 0.5) is 4.39 Å². The van der Waals surface area contributed by atoms with Gasteiger partial charge in [-0.25, -0.2) is 9.37 Å². The SMILES string of the molecule is Cc1csc(-c2noc(C(C)(C)F)n2)n1. The first kappa shape index (κ1) is 10.2. The Morgan fingerprint density at radius 1 is 1.40 bits per heavy atom. The largest absolute Gasteiger partial charge is 0.335 e. The summed E-state index contributed by atoms with van der Waals surface area (Å²) in [4.78, 5) is 8.15. The van der Waals surface area contributed by atoms with Gasteiger partial charge in [-0.1, -0.05) is 5.16 Å². The molecule has 0 aliphatic carbocycles. The van der Waals surface area contributed by atoms with Gasteiger partial charge in [0.2, 0.25) is 5.82 Å². The van der Waals surface area contributed by atoms with Crippen LogP contribution >= 0.6 is 11.3 Å². The van der Waals surface area contributed by atoms with Crippen molar-refractivity contribution in [2.75, 3.05) is 0 Å². The Morgan fingerprint density at radius 2 is 2.13 bits per heavy atom. The van der Waals surface area contributed by atoms with Gasteiger partial charge in [0.25, 0.3) is 5.89 Å². The second-order valence-electron chi connectivity index (χ2n) is 3.69. The Labute approximate surface area is 90.2 Å². The van der Waals surface area contributed by atoms with Crippen LogP contribution in [0.2, 0.25) is 0 Å². The summed E-state index contributed by atoms with van der Waals surface area (Å²) in [6.07, 6.45) is 0. The molecule has 0 aliphatic heterocycles. The van der Waals surface area contributed by atoms with E-state index >= 15 is 0 Å². The molecule has 0 radical (unpaired) electrons. The van der Waals surface area contributed by atoms with Crippen molar-refractivity contribution in [3.05, 3.63) is 17.0 Å². The van der Waals surface area contributed by atoms with Gasteiger partial charge in [0.05, 0.1) is 0 Å². The molecule has 0 saturated carbocycles. The van der Waals surface area contributed by atoms with E-state index in [4.69, 9.17) is 4.52 Å². The number of thiazole rings is 1. The lowest BCUT2D eigenvalue weighted by atomic mass is 10.2. The minimum atomic E-state index is -1.61. The first-order chi connectivity index (χ1) is 6.97. The Bertz CT molecular complexity index is 472. The second-order valence-corrected chi connectivity index (χ2v) is 4.55. The highest BCUT2D eigenvalue weighted by atomic mass is 32.1. The van der Waals surface area contributed by atoms with Gasteiger partial charge in [0, 0.05) is 11.1 Å². The van der Waals surface area contributed by atoms with Crippen LogP contribution in [-0.2, 0) is 5.67 Å². The molecule has 0 spiro atoms. The van der Waals surface area contributed by atoms with Crippen LogP contribution < -0.4 is 0 Å². The van der Waals surface area contributed by atoms with E-state index in [0.29, 0.717) is 10.8 Å². The summed E-state index contributed by atoms with van der Waals surface area (Å²) in [6, 6.07) is 0. The van der Waals surface area contributed by atoms with E-state index in [0.717, 1.165) is 5.69 Å². The summed E-state index contributed by atoms with van der Waals surface area (Å²) in [6.45, 7) is 4.62. The minimum absolute atomic E-state index is 0.0228. The summed E-state index contributed by atoms with van der Waals surface area (Å²) in [5, 5.41) is 6.21. The summed E-state index contributed by atoms with van der Waals surface area (Å²) in [5.74, 6) is 0.319. The van der Waals surface area contributed by atoms with Gasteiger partial charge in [-0.15, -0.1) is 11.3 Å². The number of halogens is 1. The van der Waals surface area contributed by atoms with E-state index in [-0.39, 0.29) is 5.89 Å². The van der Waals surface area contributed by atoms with Crippen LogP contribution in [0.5, 0.6) is 0 Å². The third kappa shape index (κ3) is 2.04. The average Bonchev–Trinajstić information content (AvgIpc) is 2.69. The van der Waals surface area contributed by atoms with Gasteiger partial charge >= 0.3 is 0 Å². The zero-order valence-electron chi connectivity index (χ0n) is 8.61. The fourth-order valence-corrected chi connectivity index (χ4v) is 1.73. The Morgan fingerprint density at radius 3 is 2.60 bits per heavy atom. The molecule has 0 atom stereocenters. The molecule has 0 amide bonds. The predicted octanol–water partition coefficient (Wildman–Crippen LogP) is 2.71. The molecule has 2 heterocycles. The maximum absolute atomic E-state index is 13.4. The van der Waals surface area contributed by atoms with Crippen molar-refractivity contribution in [3.63, 3.8) is 0 Å². The molecule has 2 aromatic heterocycles. The monoisotopic (exact) mass is 227 g/mol. The topological polar surface area (TPSA) is 51.8 Å². The van der Waals surface area contributed by atoms with E-state index in [2.05, 4.69) is 15.1 Å². The molecule has 15 heavy (non-hydrogen) atoms. The lowest BCUT2D eigenvalue weighted by Crippen LogP contribution is -2.09. The lowest BCUT2D eigenvalue weighted by molar-refractivity contribution is 0.155. The first-order valence-electron chi connectivity index (χ1n) is 4.42. The van der Waals surface area contributed by atoms with Gasteiger partial charge in [-0.3, -0.25) is 0 Å². The Hall–Kier alpha value is -1.30. The number of alkyl halides is 1. The molecule has 2 aromatic rings. The van der Waals surface area contributed by atoms with Crippen molar-refractivity contribution >= 4 is 11.3 Å². The molecule has 4 nitrogen and oxygen atoms in total. The van der Waals surface area contributed by atoms with E-state index in [9.17, 15) is 4.39 Å². The maximum atomic E-state index is 13.4. The molecule has 0 saturated heterocycles. The van der Waals surface area contributed by atoms with Crippen LogP contribution in [0.1, 0.15) is 25.4 Å². The average molecular weight is 227 g/mol. The molecular formula is C9H10FN3OS. The van der Waals surface area contributed by atoms with Crippen molar-refractivity contribution in [1.29, 1.82) is 0 Å². The van der Waals surface area contributed by atoms with Crippen LogP contribution in [-0.4, -0.2) is 15.1 Å². The molecule has 0 unspecified atom stereocenters. The summed E-state index contributed by atoms with van der Waals surface area (Å²) in [7, 11) is 0.